The van der Waals surface area contributed by atoms with Gasteiger partial charge in [-0.05, 0) is 19.4 Å². The molecule has 0 saturated carbocycles. The number of hydrogen-bond donors (Lipinski definition) is 1. The molecule has 0 aliphatic carbocycles. The lowest BCUT2D eigenvalue weighted by Gasteiger charge is -2.03. The topological polar surface area (TPSA) is 50.7 Å². The maximum absolute atomic E-state index is 11.1. The first-order valence-electron chi connectivity index (χ1n) is 4.66. The highest BCUT2D eigenvalue weighted by Crippen LogP contribution is 2.00. The minimum absolute atomic E-state index is 0.255. The first-order chi connectivity index (χ1) is 7.18. The Bertz CT molecular complexity index is 343. The lowest BCUT2D eigenvalue weighted by atomic mass is 10.2. The van der Waals surface area contributed by atoms with Crippen LogP contribution in [0.25, 0.3) is 0 Å². The van der Waals surface area contributed by atoms with E-state index in [9.17, 15) is 4.79 Å². The van der Waals surface area contributed by atoms with Crippen LogP contribution in [0.4, 0.5) is 4.79 Å². The summed E-state index contributed by atoms with van der Waals surface area (Å²) < 4.78 is 4.92. The predicted molar refractivity (Wildman–Crippen MR) is 58.5 cm³/mol. The average molecular weight is 206 g/mol. The SMILES string of the molecule is CC(C)=NNC(=O)OCc1ccccc1. The van der Waals surface area contributed by atoms with Gasteiger partial charge in [-0.15, -0.1) is 0 Å². The molecular weight excluding hydrogens is 192 g/mol. The van der Waals surface area contributed by atoms with Crippen molar-refractivity contribution in [1.82, 2.24) is 5.43 Å². The normalized spacial score (nSPS) is 9.20. The molecule has 0 atom stereocenters. The van der Waals surface area contributed by atoms with Crippen LogP contribution in [0.2, 0.25) is 0 Å². The molecule has 0 unspecified atom stereocenters. The van der Waals surface area contributed by atoms with Crippen LogP contribution in [0, 0.1) is 0 Å². The third-order valence-corrected chi connectivity index (χ3v) is 1.58. The average Bonchev–Trinajstić information content (AvgIpc) is 2.25. The van der Waals surface area contributed by atoms with E-state index in [-0.39, 0.29) is 6.61 Å². The molecule has 1 aromatic rings. The second kappa shape index (κ2) is 5.80. The molecule has 1 amide bonds. The minimum atomic E-state index is -0.542. The second-order valence-corrected chi connectivity index (χ2v) is 3.23. The van der Waals surface area contributed by atoms with Gasteiger partial charge in [0.1, 0.15) is 6.61 Å². The van der Waals surface area contributed by atoms with E-state index in [1.807, 2.05) is 30.3 Å². The summed E-state index contributed by atoms with van der Waals surface area (Å²) in [6.07, 6.45) is -0.542. The number of amides is 1. The van der Waals surface area contributed by atoms with E-state index >= 15 is 0 Å². The van der Waals surface area contributed by atoms with Crippen LogP contribution in [0.1, 0.15) is 19.4 Å². The summed E-state index contributed by atoms with van der Waals surface area (Å²) in [6, 6.07) is 9.48. The summed E-state index contributed by atoms with van der Waals surface area (Å²) in [4.78, 5) is 11.1. The summed E-state index contributed by atoms with van der Waals surface area (Å²) >= 11 is 0. The molecule has 0 aromatic heterocycles. The van der Waals surface area contributed by atoms with Gasteiger partial charge in [-0.3, -0.25) is 0 Å². The fraction of sp³-hybridized carbons (Fsp3) is 0.273. The first-order valence-corrected chi connectivity index (χ1v) is 4.66. The van der Waals surface area contributed by atoms with E-state index in [4.69, 9.17) is 4.74 Å². The Morgan fingerprint density at radius 1 is 1.33 bits per heavy atom. The lowest BCUT2D eigenvalue weighted by Crippen LogP contribution is -2.19. The number of carbonyl (C=O) groups excluding carboxylic acids is 1. The number of nitrogens with one attached hydrogen (secondary N) is 1. The van der Waals surface area contributed by atoms with Crippen molar-refractivity contribution < 1.29 is 9.53 Å². The highest BCUT2D eigenvalue weighted by molar-refractivity contribution is 5.80. The number of nitrogens with zero attached hydrogens (tertiary/aromatic N) is 1. The number of carbonyl (C=O) groups is 1. The molecule has 15 heavy (non-hydrogen) atoms. The smallest absolute Gasteiger partial charge is 0.428 e. The van der Waals surface area contributed by atoms with E-state index < -0.39 is 6.09 Å². The molecule has 0 fully saturated rings. The van der Waals surface area contributed by atoms with Crippen molar-refractivity contribution in [2.45, 2.75) is 20.5 Å². The Morgan fingerprint density at radius 2 is 2.00 bits per heavy atom. The second-order valence-electron chi connectivity index (χ2n) is 3.23. The molecule has 1 N–H and O–H groups in total. The van der Waals surface area contributed by atoms with Crippen molar-refractivity contribution in [2.75, 3.05) is 0 Å². The lowest BCUT2D eigenvalue weighted by molar-refractivity contribution is 0.140. The number of hydrogen-bond acceptors (Lipinski definition) is 3. The molecular formula is C11H14N2O2. The van der Waals surface area contributed by atoms with Crippen LogP contribution >= 0.6 is 0 Å². The molecule has 0 aliphatic rings. The van der Waals surface area contributed by atoms with Crippen molar-refractivity contribution >= 4 is 11.8 Å². The summed E-state index contributed by atoms with van der Waals surface area (Å²) in [6.45, 7) is 3.83. The molecule has 0 aliphatic heterocycles. The van der Waals surface area contributed by atoms with Gasteiger partial charge < -0.3 is 4.74 Å². The molecule has 4 heteroatoms. The van der Waals surface area contributed by atoms with Crippen molar-refractivity contribution in [1.29, 1.82) is 0 Å². The molecule has 1 rings (SSSR count). The molecule has 80 valence electrons. The summed E-state index contributed by atoms with van der Waals surface area (Å²) in [5.41, 5.74) is 4.00. The predicted octanol–water partition coefficient (Wildman–Crippen LogP) is 2.31. The van der Waals surface area contributed by atoms with Gasteiger partial charge in [0, 0.05) is 5.71 Å². The molecule has 0 spiro atoms. The first kappa shape index (κ1) is 11.2. The zero-order valence-corrected chi connectivity index (χ0v) is 8.86. The van der Waals surface area contributed by atoms with Crippen LogP contribution in [0.5, 0.6) is 0 Å². The van der Waals surface area contributed by atoms with Crippen LogP contribution in [-0.4, -0.2) is 11.8 Å². The molecule has 4 nitrogen and oxygen atoms in total. The Morgan fingerprint density at radius 3 is 2.60 bits per heavy atom. The van der Waals surface area contributed by atoms with Crippen molar-refractivity contribution in [3.05, 3.63) is 35.9 Å². The minimum Gasteiger partial charge on any atom is -0.443 e. The van der Waals surface area contributed by atoms with Gasteiger partial charge in [-0.25, -0.2) is 10.2 Å². The van der Waals surface area contributed by atoms with Crippen LogP contribution < -0.4 is 5.43 Å². The Hall–Kier alpha value is -1.84. The quantitative estimate of drug-likeness (QED) is 0.609. The standard InChI is InChI=1S/C11H14N2O2/c1-9(2)12-13-11(14)15-8-10-6-4-3-5-7-10/h3-7H,8H2,1-2H3,(H,13,14). The van der Waals surface area contributed by atoms with Crippen LogP contribution in [0.3, 0.4) is 0 Å². The van der Waals surface area contributed by atoms with Crippen LogP contribution in [-0.2, 0) is 11.3 Å². The fourth-order valence-corrected chi connectivity index (χ4v) is 0.913. The summed E-state index contributed by atoms with van der Waals surface area (Å²) in [7, 11) is 0. The van der Waals surface area contributed by atoms with Crippen molar-refractivity contribution in [3.63, 3.8) is 0 Å². The van der Waals surface area contributed by atoms with Gasteiger partial charge in [0.05, 0.1) is 0 Å². The van der Waals surface area contributed by atoms with Gasteiger partial charge in [-0.2, -0.15) is 5.10 Å². The Labute approximate surface area is 88.9 Å². The molecule has 0 heterocycles. The molecule has 0 radical (unpaired) electrons. The largest absolute Gasteiger partial charge is 0.443 e. The zero-order chi connectivity index (χ0) is 11.1. The van der Waals surface area contributed by atoms with Crippen molar-refractivity contribution in [3.8, 4) is 0 Å². The molecule has 0 saturated heterocycles. The fourth-order valence-electron chi connectivity index (χ4n) is 0.913. The van der Waals surface area contributed by atoms with E-state index in [1.165, 1.54) is 0 Å². The third-order valence-electron chi connectivity index (χ3n) is 1.58. The van der Waals surface area contributed by atoms with E-state index in [1.54, 1.807) is 13.8 Å². The van der Waals surface area contributed by atoms with Gasteiger partial charge in [0.2, 0.25) is 0 Å². The number of hydrazone groups is 1. The highest BCUT2D eigenvalue weighted by Gasteiger charge is 1.99. The molecule has 0 bridgehead atoms. The third kappa shape index (κ3) is 4.81. The summed E-state index contributed by atoms with van der Waals surface area (Å²) in [5.74, 6) is 0. The van der Waals surface area contributed by atoms with E-state index in [2.05, 4.69) is 10.5 Å². The van der Waals surface area contributed by atoms with Crippen molar-refractivity contribution in [2.24, 2.45) is 5.10 Å². The maximum Gasteiger partial charge on any atom is 0.428 e. The van der Waals surface area contributed by atoms with Gasteiger partial charge >= 0.3 is 6.09 Å². The van der Waals surface area contributed by atoms with Gasteiger partial charge in [-0.1, -0.05) is 30.3 Å². The number of rotatable bonds is 3. The number of ether oxygens (including phenoxy) is 1. The van der Waals surface area contributed by atoms with E-state index in [0.29, 0.717) is 0 Å². The number of benzene rings is 1. The zero-order valence-electron chi connectivity index (χ0n) is 8.86. The Balaban J connectivity index is 2.32. The van der Waals surface area contributed by atoms with Crippen LogP contribution in [0.15, 0.2) is 35.4 Å². The maximum atomic E-state index is 11.1. The molecule has 1 aromatic carbocycles. The van der Waals surface area contributed by atoms with Gasteiger partial charge in [0.25, 0.3) is 0 Å². The summed E-state index contributed by atoms with van der Waals surface area (Å²) in [5, 5.41) is 3.73. The van der Waals surface area contributed by atoms with Gasteiger partial charge in [0.15, 0.2) is 0 Å². The monoisotopic (exact) mass is 206 g/mol. The van der Waals surface area contributed by atoms with E-state index in [0.717, 1.165) is 11.3 Å². The Kier molecular flexibility index (Phi) is 4.34. The highest BCUT2D eigenvalue weighted by atomic mass is 16.5.